The van der Waals surface area contributed by atoms with Gasteiger partial charge in [0.05, 0.1) is 8.45 Å². The summed E-state index contributed by atoms with van der Waals surface area (Å²) in [5.41, 5.74) is 0.788. The van der Waals surface area contributed by atoms with E-state index in [1.54, 1.807) is 11.3 Å². The number of unbranched alkanes of at least 4 members (excludes halogenated alkanes) is 1. The van der Waals surface area contributed by atoms with Gasteiger partial charge < -0.3 is 4.90 Å². The van der Waals surface area contributed by atoms with Crippen LogP contribution in [0.5, 0.6) is 0 Å². The van der Waals surface area contributed by atoms with Gasteiger partial charge in [-0.25, -0.2) is 0 Å². The summed E-state index contributed by atoms with van der Waals surface area (Å²) in [5.74, 6) is 0.602. The van der Waals surface area contributed by atoms with E-state index in [0.717, 1.165) is 27.8 Å². The molecule has 0 aliphatic carbocycles. The van der Waals surface area contributed by atoms with Gasteiger partial charge in [0.15, 0.2) is 0 Å². The first-order valence-corrected chi connectivity index (χ1v) is 7.77. The molecule has 0 aliphatic heterocycles. The smallest absolute Gasteiger partial charge is 0.254 e. The molecule has 0 N–H and O–H groups in total. The number of carbonyl (C=O) groups is 1. The topological polar surface area (TPSA) is 20.3 Å². The highest BCUT2D eigenvalue weighted by atomic mass is 127. The molecule has 16 heavy (non-hydrogen) atoms. The number of thiophene rings is 1. The Labute approximate surface area is 119 Å². The lowest BCUT2D eigenvalue weighted by molar-refractivity contribution is 0.0764. The zero-order valence-electron chi connectivity index (χ0n) is 9.21. The first kappa shape index (κ1) is 14.3. The van der Waals surface area contributed by atoms with Crippen LogP contribution in [0.4, 0.5) is 0 Å². The average Bonchev–Trinajstić information content (AvgIpc) is 2.70. The fourth-order valence-electron chi connectivity index (χ4n) is 1.37. The summed E-state index contributed by atoms with van der Waals surface area (Å²) in [6, 6.07) is 1.93. The molecule has 1 amide bonds. The molecule has 0 atom stereocenters. The quantitative estimate of drug-likeness (QED) is 0.550. The van der Waals surface area contributed by atoms with Gasteiger partial charge >= 0.3 is 0 Å². The van der Waals surface area contributed by atoms with Crippen molar-refractivity contribution in [3.05, 3.63) is 19.9 Å². The Kier molecular flexibility index (Phi) is 6.68. The Morgan fingerprint density at radius 1 is 1.56 bits per heavy atom. The zero-order valence-corrected chi connectivity index (χ0v) is 12.9. The highest BCUT2D eigenvalue weighted by Crippen LogP contribution is 2.18. The number of hydrogen-bond acceptors (Lipinski definition) is 2. The molecule has 0 fully saturated rings. The molecule has 1 heterocycles. The van der Waals surface area contributed by atoms with Crippen LogP contribution in [0.25, 0.3) is 0 Å². The minimum atomic E-state index is 0.105. The summed E-state index contributed by atoms with van der Waals surface area (Å²) in [6.45, 7) is 3.55. The van der Waals surface area contributed by atoms with Crippen molar-refractivity contribution in [2.75, 3.05) is 19.0 Å². The van der Waals surface area contributed by atoms with Crippen LogP contribution in [-0.2, 0) is 0 Å². The predicted octanol–water partition coefficient (Wildman–Crippen LogP) is 3.83. The Morgan fingerprint density at radius 3 is 2.81 bits per heavy atom. The SMILES string of the molecule is CCCCN(CCCl)C(=O)c1csc(I)c1. The monoisotopic (exact) mass is 371 g/mol. The molecule has 90 valence electrons. The molecule has 1 rings (SSSR count). The standard InChI is InChI=1S/C11H15ClINOS/c1-2-3-5-14(6-4-12)11(15)9-7-10(13)16-8-9/h7-8H,2-6H2,1H3. The first-order chi connectivity index (χ1) is 7.69. The number of carbonyl (C=O) groups excluding carboxylic acids is 1. The summed E-state index contributed by atoms with van der Waals surface area (Å²) in [4.78, 5) is 14.0. The van der Waals surface area contributed by atoms with E-state index in [0.29, 0.717) is 12.4 Å². The van der Waals surface area contributed by atoms with Crippen LogP contribution in [0.2, 0.25) is 0 Å². The van der Waals surface area contributed by atoms with Gasteiger partial charge in [-0.05, 0) is 35.1 Å². The third-order valence-corrected chi connectivity index (χ3v) is 4.20. The summed E-state index contributed by atoms with van der Waals surface area (Å²) in [7, 11) is 0. The first-order valence-electron chi connectivity index (χ1n) is 5.28. The summed E-state index contributed by atoms with van der Waals surface area (Å²) >= 11 is 9.55. The molecule has 1 aromatic heterocycles. The Balaban J connectivity index is 2.66. The van der Waals surface area contributed by atoms with Crippen molar-refractivity contribution in [3.8, 4) is 0 Å². The minimum Gasteiger partial charge on any atom is -0.337 e. The molecule has 0 unspecified atom stereocenters. The van der Waals surface area contributed by atoms with E-state index in [1.165, 1.54) is 0 Å². The van der Waals surface area contributed by atoms with Crippen LogP contribution in [0.3, 0.4) is 0 Å². The van der Waals surface area contributed by atoms with Gasteiger partial charge in [-0.2, -0.15) is 0 Å². The van der Waals surface area contributed by atoms with Crippen LogP contribution in [-0.4, -0.2) is 29.8 Å². The van der Waals surface area contributed by atoms with E-state index in [1.807, 2.05) is 16.3 Å². The molecule has 5 heteroatoms. The summed E-state index contributed by atoms with van der Waals surface area (Å²) in [6.07, 6.45) is 2.12. The lowest BCUT2D eigenvalue weighted by Crippen LogP contribution is -2.33. The second-order valence-electron chi connectivity index (χ2n) is 3.47. The maximum Gasteiger partial charge on any atom is 0.254 e. The largest absolute Gasteiger partial charge is 0.337 e. The van der Waals surface area contributed by atoms with E-state index in [9.17, 15) is 4.79 Å². The van der Waals surface area contributed by atoms with Gasteiger partial charge in [0.2, 0.25) is 0 Å². The van der Waals surface area contributed by atoms with Crippen molar-refractivity contribution in [1.82, 2.24) is 4.90 Å². The number of rotatable bonds is 6. The van der Waals surface area contributed by atoms with Crippen molar-refractivity contribution in [2.45, 2.75) is 19.8 Å². The number of nitrogens with zero attached hydrogens (tertiary/aromatic N) is 1. The van der Waals surface area contributed by atoms with Crippen LogP contribution in [0, 0.1) is 2.88 Å². The van der Waals surface area contributed by atoms with E-state index in [-0.39, 0.29) is 5.91 Å². The van der Waals surface area contributed by atoms with Crippen LogP contribution in [0.1, 0.15) is 30.1 Å². The van der Waals surface area contributed by atoms with Crippen LogP contribution in [0.15, 0.2) is 11.4 Å². The van der Waals surface area contributed by atoms with E-state index in [4.69, 9.17) is 11.6 Å². The molecule has 2 nitrogen and oxygen atoms in total. The van der Waals surface area contributed by atoms with Gasteiger partial charge in [-0.15, -0.1) is 22.9 Å². The van der Waals surface area contributed by atoms with Crippen LogP contribution >= 0.6 is 45.5 Å². The normalized spacial score (nSPS) is 10.4. The molecular formula is C11H15ClINOS. The average molecular weight is 372 g/mol. The van der Waals surface area contributed by atoms with E-state index < -0.39 is 0 Å². The van der Waals surface area contributed by atoms with Gasteiger partial charge in [0.1, 0.15) is 0 Å². The third-order valence-electron chi connectivity index (χ3n) is 2.24. The van der Waals surface area contributed by atoms with Gasteiger partial charge in [-0.3, -0.25) is 4.79 Å². The molecule has 0 saturated heterocycles. The number of amides is 1. The third kappa shape index (κ3) is 4.22. The molecule has 0 saturated carbocycles. The van der Waals surface area contributed by atoms with Crippen molar-refractivity contribution in [3.63, 3.8) is 0 Å². The fourth-order valence-corrected chi connectivity index (χ4v) is 2.90. The molecule has 0 aliphatic rings. The highest BCUT2D eigenvalue weighted by Gasteiger charge is 2.15. The highest BCUT2D eigenvalue weighted by molar-refractivity contribution is 14.1. The van der Waals surface area contributed by atoms with Crippen molar-refractivity contribution >= 4 is 51.4 Å². The fraction of sp³-hybridized carbons (Fsp3) is 0.545. The number of hydrogen-bond donors (Lipinski definition) is 0. The minimum absolute atomic E-state index is 0.105. The number of halogens is 2. The van der Waals surface area contributed by atoms with E-state index >= 15 is 0 Å². The molecule has 1 aromatic rings. The van der Waals surface area contributed by atoms with Gasteiger partial charge in [0, 0.05) is 24.3 Å². The molecule has 0 aromatic carbocycles. The predicted molar refractivity (Wildman–Crippen MR) is 78.6 cm³/mol. The van der Waals surface area contributed by atoms with Crippen molar-refractivity contribution in [1.29, 1.82) is 0 Å². The molecule has 0 spiro atoms. The maximum atomic E-state index is 12.1. The Bertz CT molecular complexity index is 342. The van der Waals surface area contributed by atoms with Crippen LogP contribution < -0.4 is 0 Å². The maximum absolute atomic E-state index is 12.1. The molecule has 0 bridgehead atoms. The zero-order chi connectivity index (χ0) is 12.0. The summed E-state index contributed by atoms with van der Waals surface area (Å²) in [5, 5.41) is 1.91. The second-order valence-corrected chi connectivity index (χ2v) is 6.66. The Hall–Kier alpha value is 0.190. The van der Waals surface area contributed by atoms with E-state index in [2.05, 4.69) is 29.5 Å². The number of alkyl halides is 1. The summed E-state index contributed by atoms with van der Waals surface area (Å²) < 4.78 is 1.14. The van der Waals surface area contributed by atoms with Crippen molar-refractivity contribution in [2.24, 2.45) is 0 Å². The lowest BCUT2D eigenvalue weighted by atomic mass is 10.2. The second kappa shape index (κ2) is 7.50. The van der Waals surface area contributed by atoms with Crippen molar-refractivity contribution < 1.29 is 4.79 Å². The van der Waals surface area contributed by atoms with Gasteiger partial charge in [0.25, 0.3) is 5.91 Å². The molecular weight excluding hydrogens is 357 g/mol. The molecule has 0 radical (unpaired) electrons. The Morgan fingerprint density at radius 2 is 2.31 bits per heavy atom. The van der Waals surface area contributed by atoms with Gasteiger partial charge in [-0.1, -0.05) is 13.3 Å². The lowest BCUT2D eigenvalue weighted by Gasteiger charge is -2.20.